The molecule has 0 aliphatic rings. The molecule has 2 N–H and O–H groups in total. The second kappa shape index (κ2) is 4.49. The van der Waals surface area contributed by atoms with Crippen LogP contribution in [0, 0.1) is 0 Å². The van der Waals surface area contributed by atoms with Crippen molar-refractivity contribution in [2.75, 3.05) is 0 Å². The van der Waals surface area contributed by atoms with E-state index >= 15 is 0 Å². The van der Waals surface area contributed by atoms with Crippen LogP contribution in [0.5, 0.6) is 5.75 Å². The molecular weight excluding hydrogens is 266 g/mol. The van der Waals surface area contributed by atoms with E-state index in [2.05, 4.69) is 4.74 Å². The monoisotopic (exact) mass is 273 g/mol. The van der Waals surface area contributed by atoms with Crippen molar-refractivity contribution in [1.29, 1.82) is 0 Å². The van der Waals surface area contributed by atoms with Gasteiger partial charge in [0.25, 0.3) is 0 Å². The summed E-state index contributed by atoms with van der Waals surface area (Å²) >= 11 is 0. The molecule has 0 atom stereocenters. The molecule has 0 bridgehead atoms. The number of alkyl halides is 4. The van der Waals surface area contributed by atoms with Crippen LogP contribution in [0.15, 0.2) is 29.2 Å². The number of benzene rings is 1. The van der Waals surface area contributed by atoms with Gasteiger partial charge in [0.05, 0.1) is 4.90 Å². The van der Waals surface area contributed by atoms with Crippen molar-refractivity contribution in [2.24, 2.45) is 5.14 Å². The molecule has 0 saturated carbocycles. The fraction of sp³-hybridized carbons (Fsp3) is 0.250. The summed E-state index contributed by atoms with van der Waals surface area (Å²) in [6, 6.07) is 3.34. The number of hydrogen-bond acceptors (Lipinski definition) is 3. The van der Waals surface area contributed by atoms with E-state index in [4.69, 9.17) is 5.14 Å². The minimum absolute atomic E-state index is 0.342. The SMILES string of the molecule is NS(=O)(=O)c1ccc(OC(F)(F)C(F)F)cc1. The van der Waals surface area contributed by atoms with Gasteiger partial charge >= 0.3 is 12.5 Å². The molecule has 1 aromatic carbocycles. The van der Waals surface area contributed by atoms with E-state index in [-0.39, 0.29) is 4.90 Å². The van der Waals surface area contributed by atoms with Crippen LogP contribution in [0.25, 0.3) is 0 Å². The smallest absolute Gasteiger partial charge is 0.428 e. The van der Waals surface area contributed by atoms with Crippen LogP contribution >= 0.6 is 0 Å². The molecule has 0 aliphatic carbocycles. The fourth-order valence-corrected chi connectivity index (χ4v) is 1.41. The summed E-state index contributed by atoms with van der Waals surface area (Å²) in [7, 11) is -3.97. The number of nitrogens with two attached hydrogens (primary N) is 1. The molecule has 0 heterocycles. The van der Waals surface area contributed by atoms with Gasteiger partial charge in [0.15, 0.2) is 0 Å². The summed E-state index contributed by atoms with van der Waals surface area (Å²) in [6.07, 6.45) is -8.62. The first kappa shape index (κ1) is 13.7. The van der Waals surface area contributed by atoms with Crippen molar-refractivity contribution < 1.29 is 30.7 Å². The maximum absolute atomic E-state index is 12.5. The summed E-state index contributed by atoms with van der Waals surface area (Å²) < 4.78 is 73.8. The molecule has 0 fully saturated rings. The first-order valence-corrected chi connectivity index (χ1v) is 5.65. The summed E-state index contributed by atoms with van der Waals surface area (Å²) in [6.45, 7) is 0. The van der Waals surface area contributed by atoms with Gasteiger partial charge in [0, 0.05) is 0 Å². The third-order valence-corrected chi connectivity index (χ3v) is 2.59. The number of halogens is 4. The molecule has 9 heteroatoms. The Balaban J connectivity index is 2.90. The zero-order valence-corrected chi connectivity index (χ0v) is 8.93. The van der Waals surface area contributed by atoms with Gasteiger partial charge in [-0.25, -0.2) is 13.6 Å². The molecule has 96 valence electrons. The van der Waals surface area contributed by atoms with E-state index in [9.17, 15) is 26.0 Å². The van der Waals surface area contributed by atoms with Crippen molar-refractivity contribution in [1.82, 2.24) is 0 Å². The third-order valence-electron chi connectivity index (χ3n) is 1.66. The van der Waals surface area contributed by atoms with Crippen molar-refractivity contribution >= 4 is 10.0 Å². The van der Waals surface area contributed by atoms with Crippen LogP contribution in [-0.2, 0) is 10.0 Å². The Morgan fingerprint density at radius 2 is 1.65 bits per heavy atom. The van der Waals surface area contributed by atoms with E-state index in [0.717, 1.165) is 24.3 Å². The minimum atomic E-state index is -4.64. The molecule has 17 heavy (non-hydrogen) atoms. The van der Waals surface area contributed by atoms with Gasteiger partial charge in [-0.2, -0.15) is 17.6 Å². The van der Waals surface area contributed by atoms with E-state index in [1.54, 1.807) is 0 Å². The van der Waals surface area contributed by atoms with E-state index in [1.165, 1.54) is 0 Å². The Morgan fingerprint density at radius 3 is 2.00 bits per heavy atom. The number of ether oxygens (including phenoxy) is 1. The van der Waals surface area contributed by atoms with E-state index in [1.807, 2.05) is 0 Å². The highest BCUT2D eigenvalue weighted by Gasteiger charge is 2.43. The second-order valence-corrected chi connectivity index (χ2v) is 4.54. The highest BCUT2D eigenvalue weighted by molar-refractivity contribution is 7.89. The molecular formula is C8H7F4NO3S. The quantitative estimate of drug-likeness (QED) is 0.846. The zero-order valence-electron chi connectivity index (χ0n) is 8.11. The number of hydrogen-bond donors (Lipinski definition) is 1. The summed E-state index contributed by atoms with van der Waals surface area (Å²) in [4.78, 5) is -0.342. The Bertz CT molecular complexity index is 486. The Kier molecular flexibility index (Phi) is 3.62. The number of primary sulfonamides is 1. The highest BCUT2D eigenvalue weighted by atomic mass is 32.2. The van der Waals surface area contributed by atoms with Gasteiger partial charge in [-0.1, -0.05) is 0 Å². The lowest BCUT2D eigenvalue weighted by molar-refractivity contribution is -0.253. The Labute approximate surface area is 94.0 Å². The maximum Gasteiger partial charge on any atom is 0.461 e. The van der Waals surface area contributed by atoms with E-state index in [0.29, 0.717) is 0 Å². The first-order valence-electron chi connectivity index (χ1n) is 4.11. The third kappa shape index (κ3) is 3.56. The van der Waals surface area contributed by atoms with E-state index < -0.39 is 28.3 Å². The van der Waals surface area contributed by atoms with Gasteiger partial charge in [0.1, 0.15) is 5.75 Å². The predicted molar refractivity (Wildman–Crippen MR) is 49.4 cm³/mol. The van der Waals surface area contributed by atoms with Gasteiger partial charge in [-0.3, -0.25) is 0 Å². The summed E-state index contributed by atoms with van der Waals surface area (Å²) in [5.41, 5.74) is 0. The summed E-state index contributed by atoms with van der Waals surface area (Å²) in [5, 5.41) is 4.75. The second-order valence-electron chi connectivity index (χ2n) is 2.98. The highest BCUT2D eigenvalue weighted by Crippen LogP contribution is 2.27. The van der Waals surface area contributed by atoms with Crippen LogP contribution in [0.2, 0.25) is 0 Å². The standard InChI is InChI=1S/C8H7F4NO3S/c9-7(10)8(11,12)16-5-1-3-6(4-2-5)17(13,14)15/h1-4,7H,(H2,13,14,15). The minimum Gasteiger partial charge on any atom is -0.428 e. The fourth-order valence-electron chi connectivity index (χ4n) is 0.899. The normalized spacial score (nSPS) is 12.8. The van der Waals surface area contributed by atoms with Crippen molar-refractivity contribution in [3.05, 3.63) is 24.3 Å². The van der Waals surface area contributed by atoms with Crippen LogP contribution in [0.3, 0.4) is 0 Å². The molecule has 0 amide bonds. The lowest BCUT2D eigenvalue weighted by Crippen LogP contribution is -2.33. The first-order chi connectivity index (χ1) is 7.63. The molecule has 0 aromatic heterocycles. The number of rotatable bonds is 4. The van der Waals surface area contributed by atoms with Crippen LogP contribution in [-0.4, -0.2) is 21.0 Å². The van der Waals surface area contributed by atoms with Crippen molar-refractivity contribution in [3.63, 3.8) is 0 Å². The topological polar surface area (TPSA) is 69.4 Å². The van der Waals surface area contributed by atoms with Crippen molar-refractivity contribution in [3.8, 4) is 5.75 Å². The molecule has 0 radical (unpaired) electrons. The average Bonchev–Trinajstić information content (AvgIpc) is 2.16. The maximum atomic E-state index is 12.5. The van der Waals surface area contributed by atoms with Gasteiger partial charge in [-0.05, 0) is 24.3 Å². The molecule has 1 aromatic rings. The Morgan fingerprint density at radius 1 is 1.18 bits per heavy atom. The van der Waals surface area contributed by atoms with Crippen LogP contribution in [0.1, 0.15) is 0 Å². The molecule has 1 rings (SSSR count). The van der Waals surface area contributed by atoms with Crippen LogP contribution < -0.4 is 9.88 Å². The molecule has 4 nitrogen and oxygen atoms in total. The lowest BCUT2D eigenvalue weighted by Gasteiger charge is -2.16. The Hall–Kier alpha value is -1.35. The van der Waals surface area contributed by atoms with Gasteiger partial charge < -0.3 is 4.74 Å². The van der Waals surface area contributed by atoms with Crippen molar-refractivity contribution in [2.45, 2.75) is 17.4 Å². The average molecular weight is 273 g/mol. The number of sulfonamides is 1. The zero-order chi connectivity index (χ0) is 13.3. The summed E-state index contributed by atoms with van der Waals surface area (Å²) in [5.74, 6) is -0.595. The molecule has 0 aliphatic heterocycles. The van der Waals surface area contributed by atoms with Gasteiger partial charge in [-0.15, -0.1) is 0 Å². The predicted octanol–water partition coefficient (Wildman–Crippen LogP) is 1.57. The van der Waals surface area contributed by atoms with Crippen LogP contribution in [0.4, 0.5) is 17.6 Å². The van der Waals surface area contributed by atoms with Gasteiger partial charge in [0.2, 0.25) is 10.0 Å². The molecule has 0 spiro atoms. The molecule has 0 unspecified atom stereocenters. The largest absolute Gasteiger partial charge is 0.461 e. The molecule has 0 saturated heterocycles. The lowest BCUT2D eigenvalue weighted by atomic mass is 10.3.